The summed E-state index contributed by atoms with van der Waals surface area (Å²) in [7, 11) is 0. The van der Waals surface area contributed by atoms with Crippen LogP contribution in [0.1, 0.15) is 309 Å². The van der Waals surface area contributed by atoms with Crippen molar-refractivity contribution in [1.82, 2.24) is 5.32 Å². The topological polar surface area (TPSA) is 95.9 Å². The van der Waals surface area contributed by atoms with Crippen molar-refractivity contribution in [3.05, 3.63) is 48.6 Å². The third-order valence-electron chi connectivity index (χ3n) is 13.6. The fourth-order valence-electron chi connectivity index (χ4n) is 8.97. The van der Waals surface area contributed by atoms with E-state index in [1.165, 1.54) is 205 Å². The van der Waals surface area contributed by atoms with Crippen molar-refractivity contribution < 1.29 is 24.5 Å². The van der Waals surface area contributed by atoms with Crippen LogP contribution in [0.25, 0.3) is 0 Å². The molecule has 0 radical (unpaired) electrons. The van der Waals surface area contributed by atoms with E-state index in [1.807, 2.05) is 6.08 Å². The lowest BCUT2D eigenvalue weighted by Crippen LogP contribution is -2.45. The SMILES string of the molecule is CCCCCCCCC/C=C\CCCCCCCC(=O)OCCCCC/C=C\C=C/CCCCCCCCC(=O)NC(CO)C(O)/C=C/CCCCCCCCCCCCCCCCCCCC. The summed E-state index contributed by atoms with van der Waals surface area (Å²) in [6.45, 7) is 4.85. The molecule has 3 N–H and O–H groups in total. The molecule has 0 saturated carbocycles. The summed E-state index contributed by atoms with van der Waals surface area (Å²) in [4.78, 5) is 24.5. The summed E-state index contributed by atoms with van der Waals surface area (Å²) >= 11 is 0. The van der Waals surface area contributed by atoms with Gasteiger partial charge in [0.05, 0.1) is 25.4 Å². The maximum absolute atomic E-state index is 12.5. The molecule has 0 aliphatic rings. The van der Waals surface area contributed by atoms with E-state index in [9.17, 15) is 19.8 Å². The Morgan fingerprint density at radius 3 is 1.13 bits per heavy atom. The lowest BCUT2D eigenvalue weighted by atomic mass is 10.0. The Hall–Kier alpha value is -2.18. The van der Waals surface area contributed by atoms with Gasteiger partial charge in [-0.15, -0.1) is 0 Å². The molecule has 68 heavy (non-hydrogen) atoms. The van der Waals surface area contributed by atoms with Crippen molar-refractivity contribution in [2.75, 3.05) is 13.2 Å². The highest BCUT2D eigenvalue weighted by Crippen LogP contribution is 2.16. The molecular weight excluding hydrogens is 839 g/mol. The van der Waals surface area contributed by atoms with E-state index in [-0.39, 0.29) is 18.5 Å². The highest BCUT2D eigenvalue weighted by Gasteiger charge is 2.18. The van der Waals surface area contributed by atoms with E-state index >= 15 is 0 Å². The number of allylic oxidation sites excluding steroid dienone is 7. The van der Waals surface area contributed by atoms with Crippen LogP contribution in [0.2, 0.25) is 0 Å². The molecule has 0 aromatic rings. The number of carbonyl (C=O) groups excluding carboxylic acids is 2. The Morgan fingerprint density at radius 1 is 0.412 bits per heavy atom. The molecule has 0 aromatic heterocycles. The maximum Gasteiger partial charge on any atom is 0.305 e. The molecule has 0 rings (SSSR count). The van der Waals surface area contributed by atoms with Crippen LogP contribution in [0, 0.1) is 0 Å². The number of amides is 1. The Morgan fingerprint density at radius 2 is 0.735 bits per heavy atom. The minimum Gasteiger partial charge on any atom is -0.466 e. The molecule has 0 saturated heterocycles. The van der Waals surface area contributed by atoms with E-state index in [2.05, 4.69) is 55.6 Å². The number of hydrogen-bond donors (Lipinski definition) is 3. The zero-order valence-corrected chi connectivity index (χ0v) is 45.3. The molecule has 6 heteroatoms. The minimum absolute atomic E-state index is 0.0303. The third kappa shape index (κ3) is 53.2. The predicted octanol–water partition coefficient (Wildman–Crippen LogP) is 18.6. The summed E-state index contributed by atoms with van der Waals surface area (Å²) < 4.78 is 5.45. The Kier molecular flexibility index (Phi) is 55.6. The second-order valence-corrected chi connectivity index (χ2v) is 20.3. The maximum atomic E-state index is 12.5. The second-order valence-electron chi connectivity index (χ2n) is 20.3. The molecule has 0 spiro atoms. The molecule has 2 unspecified atom stereocenters. The van der Waals surface area contributed by atoms with E-state index in [4.69, 9.17) is 4.74 Å². The molecule has 0 bridgehead atoms. The Bertz CT molecular complexity index is 1150. The highest BCUT2D eigenvalue weighted by molar-refractivity contribution is 5.76. The fourth-order valence-corrected chi connectivity index (χ4v) is 8.97. The summed E-state index contributed by atoms with van der Waals surface area (Å²) in [5, 5.41) is 23.2. The molecule has 2 atom stereocenters. The lowest BCUT2D eigenvalue weighted by Gasteiger charge is -2.20. The number of aliphatic hydroxyl groups excluding tert-OH is 2. The summed E-state index contributed by atoms with van der Waals surface area (Å²) in [6.07, 6.45) is 72.8. The largest absolute Gasteiger partial charge is 0.466 e. The zero-order chi connectivity index (χ0) is 49.3. The average Bonchev–Trinajstić information content (AvgIpc) is 3.34. The van der Waals surface area contributed by atoms with Gasteiger partial charge in [0, 0.05) is 12.8 Å². The molecule has 0 fully saturated rings. The highest BCUT2D eigenvalue weighted by atomic mass is 16.5. The number of rotatable bonds is 55. The molecular formula is C62H115NO5. The normalized spacial score (nSPS) is 12.9. The van der Waals surface area contributed by atoms with Crippen molar-refractivity contribution >= 4 is 11.9 Å². The quantitative estimate of drug-likeness (QED) is 0.0244. The van der Waals surface area contributed by atoms with Gasteiger partial charge >= 0.3 is 5.97 Å². The van der Waals surface area contributed by atoms with Crippen molar-refractivity contribution in [3.8, 4) is 0 Å². The van der Waals surface area contributed by atoms with Crippen LogP contribution in [0.5, 0.6) is 0 Å². The number of aliphatic hydroxyl groups is 2. The Labute approximate surface area is 423 Å². The van der Waals surface area contributed by atoms with E-state index in [0.29, 0.717) is 19.4 Å². The van der Waals surface area contributed by atoms with Gasteiger partial charge in [0.1, 0.15) is 0 Å². The number of esters is 1. The van der Waals surface area contributed by atoms with Crippen molar-refractivity contribution in [1.29, 1.82) is 0 Å². The van der Waals surface area contributed by atoms with Crippen LogP contribution in [0.4, 0.5) is 0 Å². The van der Waals surface area contributed by atoms with Gasteiger partial charge in [0.25, 0.3) is 0 Å². The van der Waals surface area contributed by atoms with Crippen LogP contribution in [0.15, 0.2) is 48.6 Å². The molecule has 0 aliphatic carbocycles. The van der Waals surface area contributed by atoms with E-state index < -0.39 is 12.1 Å². The van der Waals surface area contributed by atoms with Crippen LogP contribution in [0.3, 0.4) is 0 Å². The van der Waals surface area contributed by atoms with E-state index in [1.54, 1.807) is 6.08 Å². The van der Waals surface area contributed by atoms with Crippen LogP contribution in [-0.4, -0.2) is 47.4 Å². The predicted molar refractivity (Wildman–Crippen MR) is 296 cm³/mol. The second kappa shape index (κ2) is 57.4. The summed E-state index contributed by atoms with van der Waals surface area (Å²) in [6, 6.07) is -0.646. The number of ether oxygens (including phenoxy) is 1. The Balaban J connectivity index is 3.55. The number of carbonyl (C=O) groups is 2. The average molecular weight is 955 g/mol. The standard InChI is InChI=1S/C62H115NO5/c1-3-5-7-9-11-13-15-17-19-21-22-23-24-26-30-34-38-42-46-50-54-60(65)59(58-64)63-61(66)55-51-47-43-39-35-31-27-25-29-33-37-41-45-49-53-57-68-62(67)56-52-48-44-40-36-32-28-20-18-16-14-12-10-8-6-4-2/h20,25,28-29,33,37,50,54,59-60,64-65H,3-19,21-24,26-27,30-32,34-36,38-49,51-53,55-58H2,1-2H3,(H,63,66)/b28-20-,29-25-,37-33-,54-50+. The van der Waals surface area contributed by atoms with E-state index in [0.717, 1.165) is 77.0 Å². The minimum atomic E-state index is -0.861. The summed E-state index contributed by atoms with van der Waals surface area (Å²) in [5.74, 6) is -0.120. The summed E-state index contributed by atoms with van der Waals surface area (Å²) in [5.41, 5.74) is 0. The van der Waals surface area contributed by atoms with Gasteiger partial charge in [0.2, 0.25) is 5.91 Å². The first-order chi connectivity index (χ1) is 33.5. The van der Waals surface area contributed by atoms with Gasteiger partial charge in [-0.05, 0) is 89.9 Å². The third-order valence-corrected chi connectivity index (χ3v) is 13.6. The molecule has 0 aliphatic heterocycles. The van der Waals surface area contributed by atoms with Crippen LogP contribution in [-0.2, 0) is 14.3 Å². The monoisotopic (exact) mass is 954 g/mol. The van der Waals surface area contributed by atoms with Gasteiger partial charge in [-0.2, -0.15) is 0 Å². The van der Waals surface area contributed by atoms with Gasteiger partial charge in [-0.3, -0.25) is 9.59 Å². The van der Waals surface area contributed by atoms with Gasteiger partial charge < -0.3 is 20.3 Å². The number of unbranched alkanes of at least 4 members (excludes halogenated alkanes) is 39. The van der Waals surface area contributed by atoms with Crippen molar-refractivity contribution in [3.63, 3.8) is 0 Å². The molecule has 0 heterocycles. The fraction of sp³-hybridized carbons (Fsp3) is 0.839. The lowest BCUT2D eigenvalue weighted by molar-refractivity contribution is -0.143. The molecule has 1 amide bonds. The van der Waals surface area contributed by atoms with Crippen LogP contribution < -0.4 is 5.32 Å². The van der Waals surface area contributed by atoms with Gasteiger partial charge in [0.15, 0.2) is 0 Å². The van der Waals surface area contributed by atoms with Crippen LogP contribution >= 0.6 is 0 Å². The first kappa shape index (κ1) is 65.8. The van der Waals surface area contributed by atoms with Crippen molar-refractivity contribution in [2.45, 2.75) is 321 Å². The van der Waals surface area contributed by atoms with Gasteiger partial charge in [-0.1, -0.05) is 255 Å². The smallest absolute Gasteiger partial charge is 0.305 e. The van der Waals surface area contributed by atoms with Crippen molar-refractivity contribution in [2.24, 2.45) is 0 Å². The first-order valence-electron chi connectivity index (χ1n) is 29.9. The zero-order valence-electron chi connectivity index (χ0n) is 45.3. The molecule has 0 aromatic carbocycles. The number of hydrogen-bond acceptors (Lipinski definition) is 5. The molecule has 6 nitrogen and oxygen atoms in total. The first-order valence-corrected chi connectivity index (χ1v) is 29.9. The van der Waals surface area contributed by atoms with Gasteiger partial charge in [-0.25, -0.2) is 0 Å². The molecule has 398 valence electrons. The number of nitrogens with one attached hydrogen (secondary N) is 1.